The fourth-order valence-corrected chi connectivity index (χ4v) is 1.81. The molecule has 0 aromatic rings. The lowest BCUT2D eigenvalue weighted by atomic mass is 10.0. The molecule has 1 rings (SSSR count). The van der Waals surface area contributed by atoms with Crippen molar-refractivity contribution in [2.24, 2.45) is 0 Å². The SMILES string of the molecule is CCN(C(=O)CNC(C)(C)CCO)C1CC1. The third-order valence-corrected chi connectivity index (χ3v) is 3.10. The number of aliphatic hydroxyl groups excluding tert-OH is 1. The van der Waals surface area contributed by atoms with Gasteiger partial charge in [0.05, 0.1) is 6.54 Å². The lowest BCUT2D eigenvalue weighted by Crippen LogP contribution is -2.47. The van der Waals surface area contributed by atoms with E-state index in [9.17, 15) is 4.79 Å². The molecule has 0 aromatic carbocycles. The molecule has 1 aliphatic carbocycles. The largest absolute Gasteiger partial charge is 0.396 e. The van der Waals surface area contributed by atoms with Crippen LogP contribution in [-0.4, -0.2) is 47.2 Å². The molecule has 0 atom stereocenters. The molecule has 4 nitrogen and oxygen atoms in total. The summed E-state index contributed by atoms with van der Waals surface area (Å²) in [6.45, 7) is 7.35. The van der Waals surface area contributed by atoms with Crippen LogP contribution in [0.4, 0.5) is 0 Å². The van der Waals surface area contributed by atoms with E-state index in [4.69, 9.17) is 5.11 Å². The summed E-state index contributed by atoms with van der Waals surface area (Å²) in [5.41, 5.74) is -0.173. The fourth-order valence-electron chi connectivity index (χ4n) is 1.81. The molecule has 1 aliphatic rings. The van der Waals surface area contributed by atoms with Crippen molar-refractivity contribution >= 4 is 5.91 Å². The van der Waals surface area contributed by atoms with Gasteiger partial charge in [-0.1, -0.05) is 0 Å². The number of hydrogen-bond donors (Lipinski definition) is 2. The number of carbonyl (C=O) groups is 1. The zero-order valence-electron chi connectivity index (χ0n) is 10.6. The number of aliphatic hydroxyl groups is 1. The van der Waals surface area contributed by atoms with Gasteiger partial charge >= 0.3 is 0 Å². The molecular formula is C12H24N2O2. The number of likely N-dealkylation sites (N-methyl/N-ethyl adjacent to an activating group) is 1. The Morgan fingerprint density at radius 2 is 2.12 bits per heavy atom. The van der Waals surface area contributed by atoms with E-state index >= 15 is 0 Å². The maximum absolute atomic E-state index is 11.9. The van der Waals surface area contributed by atoms with Gasteiger partial charge in [0.25, 0.3) is 0 Å². The summed E-state index contributed by atoms with van der Waals surface area (Å²) < 4.78 is 0. The summed E-state index contributed by atoms with van der Waals surface area (Å²) in [6.07, 6.45) is 2.97. The molecule has 4 heteroatoms. The molecule has 1 fully saturated rings. The predicted octanol–water partition coefficient (Wildman–Crippen LogP) is 0.748. The van der Waals surface area contributed by atoms with E-state index in [0.717, 1.165) is 19.4 Å². The van der Waals surface area contributed by atoms with Crippen LogP contribution in [0.1, 0.15) is 40.0 Å². The first-order valence-electron chi connectivity index (χ1n) is 6.15. The quantitative estimate of drug-likeness (QED) is 0.676. The molecule has 0 radical (unpaired) electrons. The third-order valence-electron chi connectivity index (χ3n) is 3.10. The molecule has 0 unspecified atom stereocenters. The van der Waals surface area contributed by atoms with Crippen LogP contribution >= 0.6 is 0 Å². The molecule has 0 saturated heterocycles. The fraction of sp³-hybridized carbons (Fsp3) is 0.917. The molecule has 0 heterocycles. The van der Waals surface area contributed by atoms with E-state index in [0.29, 0.717) is 19.0 Å². The van der Waals surface area contributed by atoms with Gasteiger partial charge in [-0.15, -0.1) is 0 Å². The summed E-state index contributed by atoms with van der Waals surface area (Å²) in [7, 11) is 0. The van der Waals surface area contributed by atoms with Gasteiger partial charge in [-0.25, -0.2) is 0 Å². The molecule has 1 amide bonds. The van der Waals surface area contributed by atoms with Crippen LogP contribution in [0.25, 0.3) is 0 Å². The number of hydrogen-bond acceptors (Lipinski definition) is 3. The number of amides is 1. The number of carbonyl (C=O) groups excluding carboxylic acids is 1. The van der Waals surface area contributed by atoms with Gasteiger partial charge in [0.2, 0.25) is 5.91 Å². The van der Waals surface area contributed by atoms with E-state index in [1.165, 1.54) is 0 Å². The Bertz CT molecular complexity index is 237. The minimum atomic E-state index is -0.173. The molecule has 0 aliphatic heterocycles. The second-order valence-electron chi connectivity index (χ2n) is 5.12. The second kappa shape index (κ2) is 5.64. The monoisotopic (exact) mass is 228 g/mol. The average Bonchev–Trinajstić information content (AvgIpc) is 3.00. The van der Waals surface area contributed by atoms with Crippen molar-refractivity contribution in [2.75, 3.05) is 19.7 Å². The molecule has 0 spiro atoms. The minimum absolute atomic E-state index is 0.147. The number of rotatable bonds is 7. The Hall–Kier alpha value is -0.610. The van der Waals surface area contributed by atoms with Crippen molar-refractivity contribution < 1.29 is 9.90 Å². The Balaban J connectivity index is 2.33. The van der Waals surface area contributed by atoms with Gasteiger partial charge in [-0.2, -0.15) is 0 Å². The summed E-state index contributed by atoms with van der Waals surface area (Å²) >= 11 is 0. The van der Waals surface area contributed by atoms with Crippen LogP contribution in [0, 0.1) is 0 Å². The van der Waals surface area contributed by atoms with Gasteiger partial charge in [0, 0.05) is 24.7 Å². The molecule has 1 saturated carbocycles. The molecular weight excluding hydrogens is 204 g/mol. The number of nitrogens with one attached hydrogen (secondary N) is 1. The highest BCUT2D eigenvalue weighted by atomic mass is 16.3. The molecule has 0 aromatic heterocycles. The Morgan fingerprint density at radius 3 is 2.56 bits per heavy atom. The summed E-state index contributed by atoms with van der Waals surface area (Å²) in [5.74, 6) is 0.177. The van der Waals surface area contributed by atoms with Gasteiger partial charge in [0.15, 0.2) is 0 Å². The van der Waals surface area contributed by atoms with Crippen LogP contribution in [0.15, 0.2) is 0 Å². The van der Waals surface area contributed by atoms with E-state index in [1.807, 2.05) is 25.7 Å². The molecule has 16 heavy (non-hydrogen) atoms. The van der Waals surface area contributed by atoms with Crippen LogP contribution in [0.5, 0.6) is 0 Å². The first-order chi connectivity index (χ1) is 7.50. The normalized spacial score (nSPS) is 16.2. The van der Waals surface area contributed by atoms with E-state index < -0.39 is 0 Å². The minimum Gasteiger partial charge on any atom is -0.396 e. The third kappa shape index (κ3) is 4.10. The topological polar surface area (TPSA) is 52.6 Å². The molecule has 0 bridgehead atoms. The van der Waals surface area contributed by atoms with Crippen molar-refractivity contribution in [3.8, 4) is 0 Å². The van der Waals surface area contributed by atoms with Crippen molar-refractivity contribution in [1.82, 2.24) is 10.2 Å². The van der Waals surface area contributed by atoms with E-state index in [1.54, 1.807) is 0 Å². The van der Waals surface area contributed by atoms with E-state index in [2.05, 4.69) is 5.32 Å². The highest BCUT2D eigenvalue weighted by Crippen LogP contribution is 2.26. The van der Waals surface area contributed by atoms with Crippen LogP contribution < -0.4 is 5.32 Å². The van der Waals surface area contributed by atoms with Gasteiger partial charge in [-0.05, 0) is 40.0 Å². The lowest BCUT2D eigenvalue weighted by Gasteiger charge is -2.27. The smallest absolute Gasteiger partial charge is 0.236 e. The zero-order valence-corrected chi connectivity index (χ0v) is 10.6. The summed E-state index contributed by atoms with van der Waals surface area (Å²) in [5, 5.41) is 12.1. The second-order valence-corrected chi connectivity index (χ2v) is 5.12. The Kier molecular flexibility index (Phi) is 4.74. The summed E-state index contributed by atoms with van der Waals surface area (Å²) in [4.78, 5) is 13.9. The van der Waals surface area contributed by atoms with Crippen molar-refractivity contribution in [2.45, 2.75) is 51.6 Å². The van der Waals surface area contributed by atoms with Crippen molar-refractivity contribution in [3.05, 3.63) is 0 Å². The standard InChI is InChI=1S/C12H24N2O2/c1-4-14(10-5-6-10)11(16)9-13-12(2,3)7-8-15/h10,13,15H,4-9H2,1-3H3. The van der Waals surface area contributed by atoms with Gasteiger partial charge in [-0.3, -0.25) is 4.79 Å². The van der Waals surface area contributed by atoms with Crippen LogP contribution in [0.2, 0.25) is 0 Å². The van der Waals surface area contributed by atoms with Crippen molar-refractivity contribution in [3.63, 3.8) is 0 Å². The maximum atomic E-state index is 11.9. The summed E-state index contributed by atoms with van der Waals surface area (Å²) in [6, 6.07) is 0.486. The Labute approximate surface area is 98.0 Å². The van der Waals surface area contributed by atoms with Gasteiger partial charge < -0.3 is 15.3 Å². The predicted molar refractivity (Wildman–Crippen MR) is 64.2 cm³/mol. The number of nitrogens with zero attached hydrogens (tertiary/aromatic N) is 1. The van der Waals surface area contributed by atoms with Gasteiger partial charge in [0.1, 0.15) is 0 Å². The lowest BCUT2D eigenvalue weighted by molar-refractivity contribution is -0.131. The van der Waals surface area contributed by atoms with Crippen LogP contribution in [-0.2, 0) is 4.79 Å². The first kappa shape index (κ1) is 13.5. The zero-order chi connectivity index (χ0) is 12.2. The Morgan fingerprint density at radius 1 is 1.50 bits per heavy atom. The van der Waals surface area contributed by atoms with E-state index in [-0.39, 0.29) is 18.1 Å². The molecule has 2 N–H and O–H groups in total. The highest BCUT2D eigenvalue weighted by Gasteiger charge is 2.31. The highest BCUT2D eigenvalue weighted by molar-refractivity contribution is 5.79. The van der Waals surface area contributed by atoms with Crippen molar-refractivity contribution in [1.29, 1.82) is 0 Å². The molecule has 94 valence electrons. The maximum Gasteiger partial charge on any atom is 0.236 e. The van der Waals surface area contributed by atoms with Crippen LogP contribution in [0.3, 0.4) is 0 Å². The average molecular weight is 228 g/mol. The first-order valence-corrected chi connectivity index (χ1v) is 6.15.